The van der Waals surface area contributed by atoms with Crippen molar-refractivity contribution in [2.24, 2.45) is 0 Å². The number of amides is 1. The molecule has 0 N–H and O–H groups in total. The fraction of sp³-hybridized carbons (Fsp3) is 0.0455. The number of fused-ring (bicyclic) bond motifs is 1. The summed E-state index contributed by atoms with van der Waals surface area (Å²) >= 11 is 1.21. The highest BCUT2D eigenvalue weighted by Gasteiger charge is 2.24. The van der Waals surface area contributed by atoms with Gasteiger partial charge < -0.3 is 0 Å². The van der Waals surface area contributed by atoms with Gasteiger partial charge in [-0.3, -0.25) is 19.5 Å². The lowest BCUT2D eigenvalue weighted by Gasteiger charge is -2.23. The van der Waals surface area contributed by atoms with Crippen molar-refractivity contribution in [3.8, 4) is 0 Å². The summed E-state index contributed by atoms with van der Waals surface area (Å²) < 4.78 is 0. The van der Waals surface area contributed by atoms with Crippen LogP contribution >= 0.6 is 11.3 Å². The van der Waals surface area contributed by atoms with Crippen LogP contribution in [0.5, 0.6) is 0 Å². The maximum Gasteiger partial charge on any atom is 0.272 e. The van der Waals surface area contributed by atoms with Gasteiger partial charge in [-0.1, -0.05) is 36.4 Å². The molecule has 0 saturated carbocycles. The van der Waals surface area contributed by atoms with E-state index in [4.69, 9.17) is 0 Å². The predicted octanol–water partition coefficient (Wildman–Crippen LogP) is 5.48. The van der Waals surface area contributed by atoms with Gasteiger partial charge in [0.15, 0.2) is 5.78 Å². The number of Topliss-reactive ketones (excluding diaryl/α,β-unsaturated/α-hetero) is 1. The molecule has 4 aromatic rings. The minimum absolute atomic E-state index is 0.0443. The SMILES string of the molecule is CC(=O)c1ccc(C(=O)N(c2ccccc2)c2cccc3cccnc23)s1. The molecule has 2 aromatic heterocycles. The van der Waals surface area contributed by atoms with Gasteiger partial charge in [-0.2, -0.15) is 0 Å². The summed E-state index contributed by atoms with van der Waals surface area (Å²) in [6.45, 7) is 1.50. The number of rotatable bonds is 4. The Morgan fingerprint density at radius 1 is 0.852 bits per heavy atom. The van der Waals surface area contributed by atoms with Crippen molar-refractivity contribution in [2.75, 3.05) is 4.90 Å². The van der Waals surface area contributed by atoms with E-state index in [1.165, 1.54) is 18.3 Å². The molecule has 0 unspecified atom stereocenters. The number of para-hydroxylation sites is 2. The number of carbonyl (C=O) groups is 2. The normalized spacial score (nSPS) is 10.7. The van der Waals surface area contributed by atoms with Gasteiger partial charge in [0.2, 0.25) is 0 Å². The zero-order chi connectivity index (χ0) is 18.8. The molecule has 0 fully saturated rings. The standard InChI is InChI=1S/C22H16N2O2S/c1-15(25)19-12-13-20(27-19)22(26)24(17-9-3-2-4-10-17)18-11-5-7-16-8-6-14-23-21(16)18/h2-14H,1H3. The Labute approximate surface area is 160 Å². The zero-order valence-corrected chi connectivity index (χ0v) is 15.4. The number of nitrogens with zero attached hydrogens (tertiary/aromatic N) is 2. The summed E-state index contributed by atoms with van der Waals surface area (Å²) in [6, 6.07) is 22.5. The summed E-state index contributed by atoms with van der Waals surface area (Å²) in [7, 11) is 0. The Hall–Kier alpha value is -3.31. The molecule has 0 atom stereocenters. The smallest absolute Gasteiger partial charge is 0.272 e. The molecule has 132 valence electrons. The molecule has 0 saturated heterocycles. The van der Waals surface area contributed by atoms with E-state index in [2.05, 4.69) is 4.98 Å². The number of hydrogen-bond donors (Lipinski definition) is 0. The van der Waals surface area contributed by atoms with E-state index < -0.39 is 0 Å². The van der Waals surface area contributed by atoms with Gasteiger partial charge in [0.25, 0.3) is 5.91 Å². The second kappa shape index (κ2) is 7.13. The first-order chi connectivity index (χ1) is 13.1. The first-order valence-corrected chi connectivity index (χ1v) is 9.31. The van der Waals surface area contributed by atoms with E-state index in [0.717, 1.165) is 16.6 Å². The number of pyridine rings is 1. The lowest BCUT2D eigenvalue weighted by Crippen LogP contribution is -2.25. The van der Waals surface area contributed by atoms with Crippen LogP contribution in [-0.4, -0.2) is 16.7 Å². The van der Waals surface area contributed by atoms with Crippen molar-refractivity contribution in [3.05, 3.63) is 88.7 Å². The number of ketones is 1. The largest absolute Gasteiger partial charge is 0.294 e. The van der Waals surface area contributed by atoms with E-state index in [0.29, 0.717) is 15.4 Å². The molecule has 4 nitrogen and oxygen atoms in total. The van der Waals surface area contributed by atoms with Crippen LogP contribution in [0.15, 0.2) is 79.0 Å². The number of thiophene rings is 1. The second-order valence-electron chi connectivity index (χ2n) is 6.05. The topological polar surface area (TPSA) is 50.3 Å². The van der Waals surface area contributed by atoms with Crippen LogP contribution in [0.3, 0.4) is 0 Å². The van der Waals surface area contributed by atoms with Crippen molar-refractivity contribution in [3.63, 3.8) is 0 Å². The third-order valence-electron chi connectivity index (χ3n) is 4.23. The fourth-order valence-corrected chi connectivity index (χ4v) is 3.79. The maximum absolute atomic E-state index is 13.4. The molecular formula is C22H16N2O2S. The van der Waals surface area contributed by atoms with Gasteiger partial charge in [-0.15, -0.1) is 11.3 Å². The Balaban J connectivity index is 1.89. The zero-order valence-electron chi connectivity index (χ0n) is 14.6. The van der Waals surface area contributed by atoms with E-state index >= 15 is 0 Å². The first kappa shape index (κ1) is 17.1. The number of hydrogen-bond acceptors (Lipinski definition) is 4. The molecule has 0 aliphatic carbocycles. The average molecular weight is 372 g/mol. The Kier molecular flexibility index (Phi) is 4.52. The Bertz CT molecular complexity index is 1130. The van der Waals surface area contributed by atoms with E-state index in [-0.39, 0.29) is 11.7 Å². The third-order valence-corrected chi connectivity index (χ3v) is 5.41. The molecule has 0 radical (unpaired) electrons. The monoisotopic (exact) mass is 372 g/mol. The minimum Gasteiger partial charge on any atom is -0.294 e. The third kappa shape index (κ3) is 3.25. The van der Waals surface area contributed by atoms with Gasteiger partial charge in [0.05, 0.1) is 21.0 Å². The van der Waals surface area contributed by atoms with Gasteiger partial charge >= 0.3 is 0 Å². The molecule has 5 heteroatoms. The van der Waals surface area contributed by atoms with Crippen LogP contribution in [0.4, 0.5) is 11.4 Å². The van der Waals surface area contributed by atoms with E-state index in [9.17, 15) is 9.59 Å². The van der Waals surface area contributed by atoms with Crippen molar-refractivity contribution < 1.29 is 9.59 Å². The molecular weight excluding hydrogens is 356 g/mol. The van der Waals surface area contributed by atoms with Crippen LogP contribution in [0, 0.1) is 0 Å². The lowest BCUT2D eigenvalue weighted by atomic mass is 10.1. The van der Waals surface area contributed by atoms with Crippen LogP contribution in [-0.2, 0) is 0 Å². The van der Waals surface area contributed by atoms with Crippen LogP contribution in [0.1, 0.15) is 26.3 Å². The van der Waals surface area contributed by atoms with Gasteiger partial charge in [-0.05, 0) is 43.3 Å². The van der Waals surface area contributed by atoms with Crippen molar-refractivity contribution in [1.82, 2.24) is 4.98 Å². The quantitative estimate of drug-likeness (QED) is 0.446. The first-order valence-electron chi connectivity index (χ1n) is 8.49. The summed E-state index contributed by atoms with van der Waals surface area (Å²) in [5.41, 5.74) is 2.21. The Morgan fingerprint density at radius 2 is 1.59 bits per heavy atom. The molecule has 2 aromatic carbocycles. The molecule has 4 rings (SSSR count). The van der Waals surface area contributed by atoms with E-state index in [1.807, 2.05) is 60.7 Å². The molecule has 0 aliphatic rings. The summed E-state index contributed by atoms with van der Waals surface area (Å²) in [6.07, 6.45) is 1.72. The molecule has 2 heterocycles. The summed E-state index contributed by atoms with van der Waals surface area (Å²) in [5.74, 6) is -0.228. The van der Waals surface area contributed by atoms with Crippen LogP contribution < -0.4 is 4.90 Å². The summed E-state index contributed by atoms with van der Waals surface area (Å²) in [4.78, 5) is 32.3. The van der Waals surface area contributed by atoms with Crippen molar-refractivity contribution in [2.45, 2.75) is 6.92 Å². The molecule has 1 amide bonds. The highest BCUT2D eigenvalue weighted by atomic mass is 32.1. The lowest BCUT2D eigenvalue weighted by molar-refractivity contribution is 0.100. The van der Waals surface area contributed by atoms with E-state index in [1.54, 1.807) is 23.2 Å². The van der Waals surface area contributed by atoms with Gasteiger partial charge in [-0.25, -0.2) is 0 Å². The number of anilines is 2. The minimum atomic E-state index is -0.183. The van der Waals surface area contributed by atoms with Crippen molar-refractivity contribution in [1.29, 1.82) is 0 Å². The Morgan fingerprint density at radius 3 is 2.33 bits per heavy atom. The molecule has 27 heavy (non-hydrogen) atoms. The molecule has 0 spiro atoms. The fourth-order valence-electron chi connectivity index (χ4n) is 2.96. The summed E-state index contributed by atoms with van der Waals surface area (Å²) in [5, 5.41) is 0.958. The average Bonchev–Trinajstić information content (AvgIpc) is 3.20. The highest BCUT2D eigenvalue weighted by Crippen LogP contribution is 2.33. The maximum atomic E-state index is 13.4. The van der Waals surface area contributed by atoms with Crippen LogP contribution in [0.25, 0.3) is 10.9 Å². The molecule has 0 bridgehead atoms. The van der Waals surface area contributed by atoms with Crippen LogP contribution in [0.2, 0.25) is 0 Å². The number of carbonyl (C=O) groups excluding carboxylic acids is 2. The predicted molar refractivity (Wildman–Crippen MR) is 109 cm³/mol. The molecule has 0 aliphatic heterocycles. The number of benzene rings is 2. The van der Waals surface area contributed by atoms with Gasteiger partial charge in [0, 0.05) is 17.3 Å². The second-order valence-corrected chi connectivity index (χ2v) is 7.13. The van der Waals surface area contributed by atoms with Crippen molar-refractivity contribution >= 4 is 45.3 Å². The number of aromatic nitrogens is 1. The van der Waals surface area contributed by atoms with Gasteiger partial charge in [0.1, 0.15) is 0 Å². The highest BCUT2D eigenvalue weighted by molar-refractivity contribution is 7.16.